The number of esters is 1. The van der Waals surface area contributed by atoms with Crippen molar-refractivity contribution < 1.29 is 23.8 Å². The number of furan rings is 1. The van der Waals surface area contributed by atoms with Crippen LogP contribution < -0.4 is 10.6 Å². The SMILES string of the molecule is COC(=O)c1c(NC(=O)c2ccco2)c2cc(N[C@@H](C)CCO)cnc2n1C. The molecule has 9 heteroatoms. The molecule has 0 saturated carbocycles. The fourth-order valence-electron chi connectivity index (χ4n) is 2.98. The molecule has 1 amide bonds. The number of ether oxygens (including phenoxy) is 1. The summed E-state index contributed by atoms with van der Waals surface area (Å²) in [5, 5.41) is 15.6. The maximum absolute atomic E-state index is 12.5. The van der Waals surface area contributed by atoms with E-state index in [9.17, 15) is 9.59 Å². The summed E-state index contributed by atoms with van der Waals surface area (Å²) in [5.74, 6) is -0.973. The van der Waals surface area contributed by atoms with Gasteiger partial charge >= 0.3 is 5.97 Å². The average molecular weight is 386 g/mol. The molecule has 0 aromatic carbocycles. The predicted molar refractivity (Wildman–Crippen MR) is 104 cm³/mol. The van der Waals surface area contributed by atoms with Crippen molar-refractivity contribution in [1.82, 2.24) is 9.55 Å². The quantitative estimate of drug-likeness (QED) is 0.534. The number of anilines is 2. The third-order valence-corrected chi connectivity index (χ3v) is 4.36. The monoisotopic (exact) mass is 386 g/mol. The molecule has 0 aliphatic rings. The Morgan fingerprint density at radius 3 is 2.86 bits per heavy atom. The number of aliphatic hydroxyl groups is 1. The molecule has 9 nitrogen and oxygen atoms in total. The lowest BCUT2D eigenvalue weighted by Crippen LogP contribution is -2.16. The first kappa shape index (κ1) is 19.4. The first-order chi connectivity index (χ1) is 13.5. The number of hydrogen-bond acceptors (Lipinski definition) is 7. The molecule has 0 unspecified atom stereocenters. The minimum atomic E-state index is -0.599. The molecule has 28 heavy (non-hydrogen) atoms. The molecule has 0 fully saturated rings. The number of fused-ring (bicyclic) bond motifs is 1. The molecule has 3 rings (SSSR count). The van der Waals surface area contributed by atoms with Gasteiger partial charge in [0.05, 0.1) is 30.9 Å². The summed E-state index contributed by atoms with van der Waals surface area (Å²) in [6.45, 7) is 2.00. The van der Waals surface area contributed by atoms with E-state index in [0.717, 1.165) is 0 Å². The van der Waals surface area contributed by atoms with Crippen LogP contribution in [0.3, 0.4) is 0 Å². The zero-order chi connectivity index (χ0) is 20.3. The Labute approximate surface area is 161 Å². The van der Waals surface area contributed by atoms with Crippen LogP contribution in [0.25, 0.3) is 11.0 Å². The van der Waals surface area contributed by atoms with Crippen molar-refractivity contribution in [3.05, 3.63) is 42.1 Å². The van der Waals surface area contributed by atoms with E-state index in [1.165, 1.54) is 19.4 Å². The third-order valence-electron chi connectivity index (χ3n) is 4.36. The second-order valence-corrected chi connectivity index (χ2v) is 6.36. The number of aromatic nitrogens is 2. The average Bonchev–Trinajstić information content (AvgIpc) is 3.29. The zero-order valence-corrected chi connectivity index (χ0v) is 15.9. The zero-order valence-electron chi connectivity index (χ0n) is 15.9. The number of amides is 1. The molecule has 3 N–H and O–H groups in total. The van der Waals surface area contributed by atoms with E-state index in [1.54, 1.807) is 29.9 Å². The lowest BCUT2D eigenvalue weighted by Gasteiger charge is -2.13. The topological polar surface area (TPSA) is 119 Å². The van der Waals surface area contributed by atoms with Gasteiger partial charge in [-0.25, -0.2) is 9.78 Å². The molecule has 3 heterocycles. The van der Waals surface area contributed by atoms with Gasteiger partial charge in [0, 0.05) is 25.1 Å². The van der Waals surface area contributed by atoms with Gasteiger partial charge < -0.3 is 29.5 Å². The lowest BCUT2D eigenvalue weighted by atomic mass is 10.2. The van der Waals surface area contributed by atoms with Crippen LogP contribution in [-0.2, 0) is 11.8 Å². The van der Waals surface area contributed by atoms with Crippen molar-refractivity contribution in [3.8, 4) is 0 Å². The number of rotatable bonds is 7. The summed E-state index contributed by atoms with van der Waals surface area (Å²) < 4.78 is 11.6. The van der Waals surface area contributed by atoms with Crippen molar-refractivity contribution in [2.45, 2.75) is 19.4 Å². The molecule has 1 atom stereocenters. The van der Waals surface area contributed by atoms with Gasteiger partial charge in [0.25, 0.3) is 5.91 Å². The van der Waals surface area contributed by atoms with Gasteiger partial charge in [-0.05, 0) is 31.5 Å². The van der Waals surface area contributed by atoms with E-state index in [1.807, 2.05) is 6.92 Å². The van der Waals surface area contributed by atoms with Crippen LogP contribution in [-0.4, -0.2) is 46.3 Å². The Kier molecular flexibility index (Phi) is 5.65. The molecule has 0 radical (unpaired) electrons. The molecule has 0 aliphatic carbocycles. The maximum atomic E-state index is 12.5. The standard InChI is InChI=1S/C19H22N4O5/c1-11(6-7-24)21-12-9-13-15(22-18(25)14-5-4-8-28-14)16(19(26)27-3)23(2)17(13)20-10-12/h4-5,8-11,21,24H,6-7H2,1-3H3,(H,22,25)/t11-/m0/s1. The highest BCUT2D eigenvalue weighted by Gasteiger charge is 2.25. The number of hydrogen-bond donors (Lipinski definition) is 3. The summed E-state index contributed by atoms with van der Waals surface area (Å²) in [4.78, 5) is 29.3. The van der Waals surface area contributed by atoms with Crippen LogP contribution in [0, 0.1) is 0 Å². The second kappa shape index (κ2) is 8.13. The minimum absolute atomic E-state index is 0.0224. The van der Waals surface area contributed by atoms with E-state index in [4.69, 9.17) is 14.3 Å². The normalized spacial score (nSPS) is 12.0. The molecule has 0 aliphatic heterocycles. The van der Waals surface area contributed by atoms with E-state index >= 15 is 0 Å². The fraction of sp³-hybridized carbons (Fsp3) is 0.316. The number of aliphatic hydroxyl groups excluding tert-OH is 1. The van der Waals surface area contributed by atoms with Crippen LogP contribution >= 0.6 is 0 Å². The minimum Gasteiger partial charge on any atom is -0.464 e. The van der Waals surface area contributed by atoms with Gasteiger partial charge in [-0.3, -0.25) is 4.79 Å². The van der Waals surface area contributed by atoms with Crippen LogP contribution in [0.2, 0.25) is 0 Å². The Bertz CT molecular complexity index is 994. The van der Waals surface area contributed by atoms with E-state index in [0.29, 0.717) is 23.1 Å². The molecule has 3 aromatic rings. The van der Waals surface area contributed by atoms with E-state index < -0.39 is 11.9 Å². The van der Waals surface area contributed by atoms with Crippen molar-refractivity contribution in [1.29, 1.82) is 0 Å². The Hall–Kier alpha value is -3.33. The first-order valence-electron chi connectivity index (χ1n) is 8.75. The summed E-state index contributed by atoms with van der Waals surface area (Å²) in [6, 6.07) is 4.94. The lowest BCUT2D eigenvalue weighted by molar-refractivity contribution is 0.0591. The summed E-state index contributed by atoms with van der Waals surface area (Å²) in [5.41, 5.74) is 1.67. The number of pyridine rings is 1. The van der Waals surface area contributed by atoms with Gasteiger partial charge in [0.1, 0.15) is 5.65 Å². The van der Waals surface area contributed by atoms with Crippen LogP contribution in [0.5, 0.6) is 0 Å². The van der Waals surface area contributed by atoms with Crippen molar-refractivity contribution in [2.75, 3.05) is 24.4 Å². The Morgan fingerprint density at radius 2 is 2.21 bits per heavy atom. The Morgan fingerprint density at radius 1 is 1.43 bits per heavy atom. The van der Waals surface area contributed by atoms with Crippen molar-refractivity contribution >= 4 is 34.3 Å². The Balaban J connectivity index is 2.08. The second-order valence-electron chi connectivity index (χ2n) is 6.36. The number of nitrogens with one attached hydrogen (secondary N) is 2. The molecule has 0 bridgehead atoms. The van der Waals surface area contributed by atoms with Gasteiger partial charge in [0.2, 0.25) is 0 Å². The number of methoxy groups -OCH3 is 1. The smallest absolute Gasteiger partial charge is 0.356 e. The van der Waals surface area contributed by atoms with E-state index in [2.05, 4.69) is 15.6 Å². The molecule has 0 spiro atoms. The number of nitrogens with zero attached hydrogens (tertiary/aromatic N) is 2. The van der Waals surface area contributed by atoms with Crippen LogP contribution in [0.15, 0.2) is 35.1 Å². The number of carbonyl (C=O) groups excluding carboxylic acids is 2. The van der Waals surface area contributed by atoms with Crippen molar-refractivity contribution in [3.63, 3.8) is 0 Å². The molecule has 148 valence electrons. The third kappa shape index (κ3) is 3.70. The molecular formula is C19H22N4O5. The van der Waals surface area contributed by atoms with E-state index in [-0.39, 0.29) is 29.8 Å². The van der Waals surface area contributed by atoms with Gasteiger partial charge in [-0.1, -0.05) is 0 Å². The van der Waals surface area contributed by atoms with Gasteiger partial charge in [0.15, 0.2) is 11.5 Å². The van der Waals surface area contributed by atoms with Gasteiger partial charge in [-0.2, -0.15) is 0 Å². The summed E-state index contributed by atoms with van der Waals surface area (Å²) in [6.07, 6.45) is 3.60. The van der Waals surface area contributed by atoms with Crippen molar-refractivity contribution in [2.24, 2.45) is 7.05 Å². The number of aryl methyl sites for hydroxylation is 1. The summed E-state index contributed by atoms with van der Waals surface area (Å²) in [7, 11) is 2.95. The fourth-order valence-corrected chi connectivity index (χ4v) is 2.98. The first-order valence-corrected chi connectivity index (χ1v) is 8.75. The largest absolute Gasteiger partial charge is 0.464 e. The summed E-state index contributed by atoms with van der Waals surface area (Å²) >= 11 is 0. The highest BCUT2D eigenvalue weighted by molar-refractivity contribution is 6.14. The highest BCUT2D eigenvalue weighted by atomic mass is 16.5. The van der Waals surface area contributed by atoms with Crippen LogP contribution in [0.4, 0.5) is 11.4 Å². The molecule has 3 aromatic heterocycles. The highest BCUT2D eigenvalue weighted by Crippen LogP contribution is 2.32. The van der Waals surface area contributed by atoms with Crippen LogP contribution in [0.1, 0.15) is 34.4 Å². The maximum Gasteiger partial charge on any atom is 0.356 e. The molecular weight excluding hydrogens is 364 g/mol. The van der Waals surface area contributed by atoms with Gasteiger partial charge in [-0.15, -0.1) is 0 Å². The number of carbonyl (C=O) groups is 2. The predicted octanol–water partition coefficient (Wildman–Crippen LogP) is 2.39. The molecule has 0 saturated heterocycles.